The normalized spacial score (nSPS) is 15.9. The largest absolute Gasteiger partial charge is 0.355 e. The summed E-state index contributed by atoms with van der Waals surface area (Å²) >= 11 is 1.45. The van der Waals surface area contributed by atoms with E-state index < -0.39 is 0 Å². The van der Waals surface area contributed by atoms with Crippen molar-refractivity contribution in [3.05, 3.63) is 52.7 Å². The van der Waals surface area contributed by atoms with Crippen LogP contribution in [0.25, 0.3) is 11.3 Å². The van der Waals surface area contributed by atoms with Gasteiger partial charge in [0.1, 0.15) is 0 Å². The molecule has 2 amide bonds. The number of benzene rings is 1. The van der Waals surface area contributed by atoms with Crippen molar-refractivity contribution in [3.8, 4) is 11.3 Å². The molecule has 0 saturated heterocycles. The van der Waals surface area contributed by atoms with Crippen LogP contribution < -0.4 is 5.32 Å². The third-order valence-corrected chi connectivity index (χ3v) is 5.98. The molecule has 0 unspecified atom stereocenters. The van der Waals surface area contributed by atoms with Crippen LogP contribution in [0.2, 0.25) is 0 Å². The van der Waals surface area contributed by atoms with Gasteiger partial charge in [-0.15, -0.1) is 0 Å². The smallest absolute Gasteiger partial charge is 0.276 e. The molecule has 142 valence electrons. The molecule has 1 aliphatic carbocycles. The average molecular weight is 394 g/mol. The third kappa shape index (κ3) is 3.31. The summed E-state index contributed by atoms with van der Waals surface area (Å²) in [6, 6.07) is 11.3. The first-order valence-corrected chi connectivity index (χ1v) is 10.1. The monoisotopic (exact) mass is 394 g/mol. The molecule has 8 heteroatoms. The van der Waals surface area contributed by atoms with E-state index in [4.69, 9.17) is 4.52 Å². The Morgan fingerprint density at radius 1 is 1.21 bits per heavy atom. The van der Waals surface area contributed by atoms with Gasteiger partial charge >= 0.3 is 0 Å². The first-order chi connectivity index (χ1) is 13.7. The van der Waals surface area contributed by atoms with Crippen LogP contribution in [-0.4, -0.2) is 33.4 Å². The van der Waals surface area contributed by atoms with Gasteiger partial charge in [0.2, 0.25) is 5.91 Å². The molecule has 2 aromatic heterocycles. The molecule has 2 aliphatic rings. The Balaban J connectivity index is 1.29. The topological polar surface area (TPSA) is 88.3 Å². The zero-order chi connectivity index (χ0) is 19.1. The van der Waals surface area contributed by atoms with E-state index in [1.165, 1.54) is 11.3 Å². The van der Waals surface area contributed by atoms with Crippen molar-refractivity contribution in [1.82, 2.24) is 15.0 Å². The number of amides is 2. The van der Waals surface area contributed by atoms with Crippen LogP contribution in [0.3, 0.4) is 0 Å². The molecule has 1 N–H and O–H groups in total. The highest BCUT2D eigenvalue weighted by atomic mass is 32.1. The number of nitrogens with zero attached hydrogens (tertiary/aromatic N) is 3. The van der Waals surface area contributed by atoms with Gasteiger partial charge in [-0.2, -0.15) is 0 Å². The number of nitrogens with one attached hydrogen (secondary N) is 1. The van der Waals surface area contributed by atoms with Crippen molar-refractivity contribution < 1.29 is 14.1 Å². The Morgan fingerprint density at radius 2 is 2.04 bits per heavy atom. The average Bonchev–Trinajstić information content (AvgIpc) is 3.32. The van der Waals surface area contributed by atoms with Crippen molar-refractivity contribution in [2.24, 2.45) is 5.92 Å². The second-order valence-electron chi connectivity index (χ2n) is 7.07. The Kier molecular flexibility index (Phi) is 4.20. The predicted octanol–water partition coefficient (Wildman–Crippen LogP) is 3.35. The van der Waals surface area contributed by atoms with E-state index >= 15 is 0 Å². The van der Waals surface area contributed by atoms with Crippen molar-refractivity contribution in [1.29, 1.82) is 0 Å². The van der Waals surface area contributed by atoms with Gasteiger partial charge in [0.15, 0.2) is 16.6 Å². The van der Waals surface area contributed by atoms with Gasteiger partial charge in [0, 0.05) is 35.4 Å². The molecule has 0 radical (unpaired) electrons. The lowest BCUT2D eigenvalue weighted by Gasteiger charge is -2.25. The van der Waals surface area contributed by atoms with Gasteiger partial charge in [0.05, 0.1) is 12.2 Å². The number of fused-ring (bicyclic) bond motifs is 1. The number of hydrogen-bond acceptors (Lipinski definition) is 6. The van der Waals surface area contributed by atoms with E-state index in [-0.39, 0.29) is 17.7 Å². The minimum absolute atomic E-state index is 0.0510. The van der Waals surface area contributed by atoms with Gasteiger partial charge in [-0.1, -0.05) is 46.8 Å². The standard InChI is InChI=1S/C20H18N4O3S/c25-18(13-6-7-13)22-20-21-14-8-9-24(11-17(14)28-20)19(26)15-10-16(27-23-15)12-4-2-1-3-5-12/h1-5,10,13H,6-9,11H2,(H,21,22,25). The Labute approximate surface area is 165 Å². The van der Waals surface area contributed by atoms with Crippen molar-refractivity contribution in [2.75, 3.05) is 11.9 Å². The molecule has 0 atom stereocenters. The van der Waals surface area contributed by atoms with Crippen LogP contribution in [0, 0.1) is 5.92 Å². The third-order valence-electron chi connectivity index (χ3n) is 4.98. The number of carbonyl (C=O) groups is 2. The van der Waals surface area contributed by atoms with E-state index in [0.29, 0.717) is 36.1 Å². The van der Waals surface area contributed by atoms with Gasteiger partial charge in [0.25, 0.3) is 5.91 Å². The van der Waals surface area contributed by atoms with E-state index in [2.05, 4.69) is 15.5 Å². The zero-order valence-electron chi connectivity index (χ0n) is 15.1. The number of aromatic nitrogens is 2. The lowest BCUT2D eigenvalue weighted by molar-refractivity contribution is -0.117. The van der Waals surface area contributed by atoms with Crippen LogP contribution >= 0.6 is 11.3 Å². The zero-order valence-corrected chi connectivity index (χ0v) is 15.9. The maximum atomic E-state index is 12.9. The van der Waals surface area contributed by atoms with Gasteiger partial charge in [-0.05, 0) is 12.8 Å². The summed E-state index contributed by atoms with van der Waals surface area (Å²) < 4.78 is 5.35. The van der Waals surface area contributed by atoms with Crippen LogP contribution in [0.15, 0.2) is 40.9 Å². The summed E-state index contributed by atoms with van der Waals surface area (Å²) in [5.74, 6) is 0.609. The molecule has 0 bridgehead atoms. The van der Waals surface area contributed by atoms with Crippen molar-refractivity contribution >= 4 is 28.3 Å². The quantitative estimate of drug-likeness (QED) is 0.733. The summed E-state index contributed by atoms with van der Waals surface area (Å²) in [7, 11) is 0. The molecule has 3 heterocycles. The highest BCUT2D eigenvalue weighted by molar-refractivity contribution is 7.15. The van der Waals surface area contributed by atoms with Crippen LogP contribution in [0.5, 0.6) is 0 Å². The maximum absolute atomic E-state index is 12.9. The summed E-state index contributed by atoms with van der Waals surface area (Å²) in [5, 5.41) is 7.48. The molecule has 3 aromatic rings. The maximum Gasteiger partial charge on any atom is 0.276 e. The molecule has 28 heavy (non-hydrogen) atoms. The van der Waals surface area contributed by atoms with E-state index in [1.807, 2.05) is 30.3 Å². The Bertz CT molecular complexity index is 1040. The summed E-state index contributed by atoms with van der Waals surface area (Å²) in [5.41, 5.74) is 2.15. The number of carbonyl (C=O) groups excluding carboxylic acids is 2. The first-order valence-electron chi connectivity index (χ1n) is 9.28. The minimum Gasteiger partial charge on any atom is -0.355 e. The van der Waals surface area contributed by atoms with Gasteiger partial charge < -0.3 is 14.7 Å². The Morgan fingerprint density at radius 3 is 2.82 bits per heavy atom. The fourth-order valence-electron chi connectivity index (χ4n) is 3.25. The molecular formula is C20H18N4O3S. The van der Waals surface area contributed by atoms with Crippen molar-refractivity contribution in [2.45, 2.75) is 25.8 Å². The Hall–Kier alpha value is -3.00. The number of hydrogen-bond donors (Lipinski definition) is 1. The molecule has 1 fully saturated rings. The SMILES string of the molecule is O=C(Nc1nc2c(s1)CN(C(=O)c1cc(-c3ccccc3)on1)CC2)C1CC1. The number of anilines is 1. The minimum atomic E-state index is -0.159. The van der Waals surface area contributed by atoms with Gasteiger partial charge in [-0.3, -0.25) is 9.59 Å². The van der Waals surface area contributed by atoms with E-state index in [9.17, 15) is 9.59 Å². The van der Waals surface area contributed by atoms with Gasteiger partial charge in [-0.25, -0.2) is 4.98 Å². The fraction of sp³-hybridized carbons (Fsp3) is 0.300. The van der Waals surface area contributed by atoms with E-state index in [1.54, 1.807) is 11.0 Å². The highest BCUT2D eigenvalue weighted by Gasteiger charge is 2.31. The predicted molar refractivity (Wildman–Crippen MR) is 104 cm³/mol. The number of rotatable bonds is 4. The molecule has 1 saturated carbocycles. The molecule has 7 nitrogen and oxygen atoms in total. The summed E-state index contributed by atoms with van der Waals surface area (Å²) in [4.78, 5) is 32.1. The second kappa shape index (κ2) is 6.87. The molecule has 5 rings (SSSR count). The second-order valence-corrected chi connectivity index (χ2v) is 8.16. The lowest BCUT2D eigenvalue weighted by Crippen LogP contribution is -2.35. The number of thiazole rings is 1. The van der Waals surface area contributed by atoms with Crippen LogP contribution in [0.1, 0.15) is 33.9 Å². The first kappa shape index (κ1) is 17.1. The van der Waals surface area contributed by atoms with Crippen LogP contribution in [-0.2, 0) is 17.8 Å². The summed E-state index contributed by atoms with van der Waals surface area (Å²) in [6.45, 7) is 1.04. The molecule has 1 aliphatic heterocycles. The summed E-state index contributed by atoms with van der Waals surface area (Å²) in [6.07, 6.45) is 2.59. The molecule has 0 spiro atoms. The van der Waals surface area contributed by atoms with Crippen molar-refractivity contribution in [3.63, 3.8) is 0 Å². The molecule has 1 aromatic carbocycles. The van der Waals surface area contributed by atoms with Crippen LogP contribution in [0.4, 0.5) is 5.13 Å². The van der Waals surface area contributed by atoms with E-state index in [0.717, 1.165) is 29.0 Å². The molecular weight excluding hydrogens is 376 g/mol. The highest BCUT2D eigenvalue weighted by Crippen LogP contribution is 2.33. The fourth-order valence-corrected chi connectivity index (χ4v) is 4.28. The lowest BCUT2D eigenvalue weighted by atomic mass is 10.1.